The average molecular weight is 304 g/mol. The van der Waals surface area contributed by atoms with Crippen LogP contribution in [0, 0.1) is 11.3 Å². The van der Waals surface area contributed by atoms with E-state index >= 15 is 0 Å². The third kappa shape index (κ3) is 6.15. The van der Waals surface area contributed by atoms with Gasteiger partial charge in [0.2, 0.25) is 5.91 Å². The van der Waals surface area contributed by atoms with E-state index in [0.717, 1.165) is 5.56 Å². The predicted molar refractivity (Wildman–Crippen MR) is 84.8 cm³/mol. The third-order valence-electron chi connectivity index (χ3n) is 3.02. The Balaban J connectivity index is 2.42. The first-order chi connectivity index (χ1) is 10.4. The maximum absolute atomic E-state index is 11.5. The smallest absolute Gasteiger partial charge is 0.246 e. The fraction of sp³-hybridized carbons (Fsp3) is 0.529. The highest BCUT2D eigenvalue weighted by Crippen LogP contribution is 2.23. The monoisotopic (exact) mass is 304 g/mol. The van der Waals surface area contributed by atoms with E-state index in [1.165, 1.54) is 0 Å². The predicted octanol–water partition coefficient (Wildman–Crippen LogP) is 2.60. The van der Waals surface area contributed by atoms with Crippen molar-refractivity contribution in [1.29, 1.82) is 5.26 Å². The van der Waals surface area contributed by atoms with Crippen molar-refractivity contribution >= 4 is 5.91 Å². The molecule has 0 heterocycles. The van der Waals surface area contributed by atoms with E-state index in [-0.39, 0.29) is 18.6 Å². The Labute approximate surface area is 132 Å². The molecule has 120 valence electrons. The van der Waals surface area contributed by atoms with Gasteiger partial charge in [-0.25, -0.2) is 0 Å². The number of benzene rings is 1. The number of rotatable bonds is 8. The Morgan fingerprint density at radius 2 is 2.05 bits per heavy atom. The van der Waals surface area contributed by atoms with Gasteiger partial charge in [-0.3, -0.25) is 4.79 Å². The number of nitrogens with zero attached hydrogens (tertiary/aromatic N) is 1. The SMILES string of the molecule is CC(C)OCC(=O)NCCOc1ccc(C(C)C)cc1C#N. The van der Waals surface area contributed by atoms with Gasteiger partial charge < -0.3 is 14.8 Å². The van der Waals surface area contributed by atoms with Crippen LogP contribution in [0.4, 0.5) is 0 Å². The van der Waals surface area contributed by atoms with E-state index in [1.807, 2.05) is 26.0 Å². The van der Waals surface area contributed by atoms with Crippen LogP contribution in [0.15, 0.2) is 18.2 Å². The van der Waals surface area contributed by atoms with Crippen molar-refractivity contribution in [3.8, 4) is 11.8 Å². The molecule has 0 atom stereocenters. The van der Waals surface area contributed by atoms with Gasteiger partial charge in [-0.2, -0.15) is 5.26 Å². The topological polar surface area (TPSA) is 71.3 Å². The Bertz CT molecular complexity index is 533. The molecule has 0 spiro atoms. The van der Waals surface area contributed by atoms with Gasteiger partial charge in [-0.1, -0.05) is 19.9 Å². The summed E-state index contributed by atoms with van der Waals surface area (Å²) in [6.07, 6.45) is 0.0275. The molecule has 0 bridgehead atoms. The molecule has 1 rings (SSSR count). The fourth-order valence-corrected chi connectivity index (χ4v) is 1.76. The zero-order valence-electron chi connectivity index (χ0n) is 13.7. The molecule has 1 aromatic carbocycles. The lowest BCUT2D eigenvalue weighted by molar-refractivity contribution is -0.127. The lowest BCUT2D eigenvalue weighted by Gasteiger charge is -2.12. The molecule has 0 saturated carbocycles. The molecule has 5 nitrogen and oxygen atoms in total. The van der Waals surface area contributed by atoms with Crippen LogP contribution in [-0.4, -0.2) is 31.8 Å². The van der Waals surface area contributed by atoms with Gasteiger partial charge in [0, 0.05) is 0 Å². The van der Waals surface area contributed by atoms with Crippen molar-refractivity contribution in [2.75, 3.05) is 19.8 Å². The maximum Gasteiger partial charge on any atom is 0.246 e. The molecule has 1 N–H and O–H groups in total. The van der Waals surface area contributed by atoms with Crippen LogP contribution in [0.2, 0.25) is 0 Å². The molecule has 5 heteroatoms. The molecule has 0 unspecified atom stereocenters. The summed E-state index contributed by atoms with van der Waals surface area (Å²) in [5, 5.41) is 11.9. The molecule has 22 heavy (non-hydrogen) atoms. The highest BCUT2D eigenvalue weighted by atomic mass is 16.5. The van der Waals surface area contributed by atoms with Gasteiger partial charge in [-0.05, 0) is 37.5 Å². The number of carbonyl (C=O) groups is 1. The molecular formula is C17H24N2O3. The number of nitriles is 1. The van der Waals surface area contributed by atoms with Crippen molar-refractivity contribution < 1.29 is 14.3 Å². The molecular weight excluding hydrogens is 280 g/mol. The first kappa shape index (κ1) is 18.0. The Morgan fingerprint density at radius 3 is 2.64 bits per heavy atom. The molecule has 0 radical (unpaired) electrons. The summed E-state index contributed by atoms with van der Waals surface area (Å²) >= 11 is 0. The second-order valence-electron chi connectivity index (χ2n) is 5.58. The van der Waals surface area contributed by atoms with Crippen molar-refractivity contribution in [2.45, 2.75) is 39.7 Å². The van der Waals surface area contributed by atoms with Crippen LogP contribution in [0.25, 0.3) is 0 Å². The molecule has 0 aliphatic heterocycles. The first-order valence-electron chi connectivity index (χ1n) is 7.49. The van der Waals surface area contributed by atoms with Gasteiger partial charge in [0.15, 0.2) is 0 Å². The highest BCUT2D eigenvalue weighted by Gasteiger charge is 2.08. The van der Waals surface area contributed by atoms with Gasteiger partial charge in [0.05, 0.1) is 18.2 Å². The Hall–Kier alpha value is -2.06. The summed E-state index contributed by atoms with van der Waals surface area (Å²) in [5.41, 5.74) is 1.61. The second kappa shape index (κ2) is 9.06. The molecule has 0 aromatic heterocycles. The zero-order valence-corrected chi connectivity index (χ0v) is 13.7. The summed E-state index contributed by atoms with van der Waals surface area (Å²) in [7, 11) is 0. The van der Waals surface area contributed by atoms with Crippen LogP contribution in [0.3, 0.4) is 0 Å². The van der Waals surface area contributed by atoms with Gasteiger partial charge in [0.25, 0.3) is 0 Å². The Kier molecular flexibility index (Phi) is 7.41. The van der Waals surface area contributed by atoms with E-state index < -0.39 is 0 Å². The highest BCUT2D eigenvalue weighted by molar-refractivity contribution is 5.77. The number of nitrogens with one attached hydrogen (secondary N) is 1. The third-order valence-corrected chi connectivity index (χ3v) is 3.02. The minimum atomic E-state index is -0.173. The number of hydrogen-bond donors (Lipinski definition) is 1. The number of carbonyl (C=O) groups excluding carboxylic acids is 1. The van der Waals surface area contributed by atoms with Crippen LogP contribution >= 0.6 is 0 Å². The standard InChI is InChI=1S/C17H24N2O3/c1-12(2)14-5-6-16(15(9-14)10-18)21-8-7-19-17(20)11-22-13(3)4/h5-6,9,12-13H,7-8,11H2,1-4H3,(H,19,20). The zero-order chi connectivity index (χ0) is 16.5. The minimum Gasteiger partial charge on any atom is -0.490 e. The van der Waals surface area contributed by atoms with Crippen molar-refractivity contribution in [3.05, 3.63) is 29.3 Å². The van der Waals surface area contributed by atoms with E-state index in [9.17, 15) is 10.1 Å². The van der Waals surface area contributed by atoms with Gasteiger partial charge in [-0.15, -0.1) is 0 Å². The van der Waals surface area contributed by atoms with Crippen molar-refractivity contribution in [2.24, 2.45) is 0 Å². The first-order valence-corrected chi connectivity index (χ1v) is 7.49. The largest absolute Gasteiger partial charge is 0.490 e. The molecule has 0 saturated heterocycles. The van der Waals surface area contributed by atoms with Crippen molar-refractivity contribution in [1.82, 2.24) is 5.32 Å². The summed E-state index contributed by atoms with van der Waals surface area (Å²) in [6, 6.07) is 7.74. The molecule has 1 amide bonds. The van der Waals surface area contributed by atoms with Gasteiger partial charge in [0.1, 0.15) is 25.0 Å². The molecule has 0 aliphatic carbocycles. The van der Waals surface area contributed by atoms with Gasteiger partial charge >= 0.3 is 0 Å². The number of ether oxygens (including phenoxy) is 2. The lowest BCUT2D eigenvalue weighted by atomic mass is 10.0. The minimum absolute atomic E-state index is 0.0275. The van der Waals surface area contributed by atoms with Crippen LogP contribution in [0.1, 0.15) is 44.7 Å². The van der Waals surface area contributed by atoms with E-state index in [1.54, 1.807) is 6.07 Å². The summed E-state index contributed by atoms with van der Waals surface area (Å²) in [5.74, 6) is 0.730. The Morgan fingerprint density at radius 1 is 1.32 bits per heavy atom. The van der Waals surface area contributed by atoms with E-state index in [4.69, 9.17) is 9.47 Å². The van der Waals surface area contributed by atoms with E-state index in [2.05, 4.69) is 25.2 Å². The lowest BCUT2D eigenvalue weighted by Crippen LogP contribution is -2.32. The molecule has 1 aromatic rings. The van der Waals surface area contributed by atoms with Crippen LogP contribution in [0.5, 0.6) is 5.75 Å². The second-order valence-corrected chi connectivity index (χ2v) is 5.58. The molecule has 0 aliphatic rings. The number of hydrogen-bond acceptors (Lipinski definition) is 4. The normalized spacial score (nSPS) is 10.6. The fourth-order valence-electron chi connectivity index (χ4n) is 1.76. The summed E-state index contributed by atoms with van der Waals surface area (Å²) in [6.45, 7) is 8.63. The van der Waals surface area contributed by atoms with Crippen LogP contribution < -0.4 is 10.1 Å². The summed E-state index contributed by atoms with van der Waals surface area (Å²) < 4.78 is 10.8. The summed E-state index contributed by atoms with van der Waals surface area (Å²) in [4.78, 5) is 11.5. The van der Waals surface area contributed by atoms with Crippen molar-refractivity contribution in [3.63, 3.8) is 0 Å². The van der Waals surface area contributed by atoms with E-state index in [0.29, 0.717) is 30.4 Å². The number of amides is 1. The molecule has 0 fully saturated rings. The quantitative estimate of drug-likeness (QED) is 0.749. The maximum atomic E-state index is 11.5. The average Bonchev–Trinajstić information content (AvgIpc) is 2.49. The van der Waals surface area contributed by atoms with Crippen LogP contribution in [-0.2, 0) is 9.53 Å².